The lowest BCUT2D eigenvalue weighted by Gasteiger charge is -2.17. The van der Waals surface area contributed by atoms with Crippen LogP contribution in [0.3, 0.4) is 0 Å². The summed E-state index contributed by atoms with van der Waals surface area (Å²) in [6.45, 7) is 1.95. The van der Waals surface area contributed by atoms with Crippen molar-refractivity contribution in [3.63, 3.8) is 0 Å². The number of aromatic nitrogens is 3. The Bertz CT molecular complexity index is 1900. The molecule has 45 heavy (non-hydrogen) atoms. The Balaban J connectivity index is 1.33. The van der Waals surface area contributed by atoms with E-state index in [2.05, 4.69) is 37.0 Å². The molecule has 0 saturated carbocycles. The lowest BCUT2D eigenvalue weighted by molar-refractivity contribution is -0.112. The highest BCUT2D eigenvalue weighted by Crippen LogP contribution is 2.39. The molecule has 1 aliphatic rings. The van der Waals surface area contributed by atoms with E-state index in [0.717, 1.165) is 37.2 Å². The van der Waals surface area contributed by atoms with Crippen molar-refractivity contribution in [3.05, 3.63) is 113 Å². The van der Waals surface area contributed by atoms with Crippen molar-refractivity contribution >= 4 is 45.5 Å². The van der Waals surface area contributed by atoms with E-state index in [1.54, 1.807) is 61.1 Å². The van der Waals surface area contributed by atoms with E-state index in [4.69, 9.17) is 21.1 Å². The third-order valence-corrected chi connectivity index (χ3v) is 7.40. The van der Waals surface area contributed by atoms with Crippen molar-refractivity contribution < 1.29 is 14.3 Å². The Kier molecular flexibility index (Phi) is 9.11. The van der Waals surface area contributed by atoms with Crippen LogP contribution >= 0.6 is 11.6 Å². The largest absolute Gasteiger partial charge is 0.486 e. The van der Waals surface area contributed by atoms with Crippen LogP contribution in [0.4, 0.5) is 17.1 Å². The second kappa shape index (κ2) is 13.9. The molecule has 0 spiro atoms. The van der Waals surface area contributed by atoms with Gasteiger partial charge in [-0.3, -0.25) is 19.7 Å². The Labute approximate surface area is 264 Å². The number of nitrogens with one attached hydrogen (secondary N) is 3. The van der Waals surface area contributed by atoms with E-state index >= 15 is 0 Å². The van der Waals surface area contributed by atoms with Gasteiger partial charge >= 0.3 is 0 Å². The fourth-order valence-electron chi connectivity index (χ4n) is 4.88. The van der Waals surface area contributed by atoms with Crippen LogP contribution in [0.1, 0.15) is 24.1 Å². The highest BCUT2D eigenvalue weighted by Gasteiger charge is 2.17. The summed E-state index contributed by atoms with van der Waals surface area (Å²) in [5, 5.41) is 20.6. The van der Waals surface area contributed by atoms with Gasteiger partial charge in [-0.2, -0.15) is 5.26 Å². The molecule has 0 radical (unpaired) electrons. The SMILES string of the molecule is N#Cc1cnc2cc(Oc3ccncc3)c(NC(=O)C=C3CCNCC3)cc2c1Nc1ccc(OCc2ccccn2)c(Cl)c1. The van der Waals surface area contributed by atoms with Crippen molar-refractivity contribution in [1.29, 1.82) is 5.26 Å². The Morgan fingerprint density at radius 1 is 1.02 bits per heavy atom. The number of rotatable bonds is 9. The number of pyridine rings is 3. The normalized spacial score (nSPS) is 12.7. The molecule has 4 heterocycles. The molecule has 11 heteroatoms. The summed E-state index contributed by atoms with van der Waals surface area (Å²) in [7, 11) is 0. The van der Waals surface area contributed by atoms with Gasteiger partial charge in [-0.05, 0) is 74.5 Å². The molecule has 10 nitrogen and oxygen atoms in total. The van der Waals surface area contributed by atoms with Crippen molar-refractivity contribution in [2.45, 2.75) is 19.4 Å². The minimum atomic E-state index is -0.266. The maximum Gasteiger partial charge on any atom is 0.248 e. The first-order chi connectivity index (χ1) is 22.1. The smallest absolute Gasteiger partial charge is 0.248 e. The number of carbonyl (C=O) groups is 1. The number of carbonyl (C=O) groups excluding carboxylic acids is 1. The highest BCUT2D eigenvalue weighted by molar-refractivity contribution is 6.32. The molecular weight excluding hydrogens is 590 g/mol. The summed E-state index contributed by atoms with van der Waals surface area (Å²) >= 11 is 6.57. The fraction of sp³-hybridized carbons (Fsp3) is 0.147. The van der Waals surface area contributed by atoms with Crippen LogP contribution in [-0.4, -0.2) is 33.9 Å². The molecule has 0 unspecified atom stereocenters. The van der Waals surface area contributed by atoms with E-state index in [1.165, 1.54) is 6.20 Å². The van der Waals surface area contributed by atoms with Crippen LogP contribution in [0.2, 0.25) is 5.02 Å². The van der Waals surface area contributed by atoms with E-state index in [9.17, 15) is 10.1 Å². The minimum Gasteiger partial charge on any atom is -0.486 e. The van der Waals surface area contributed by atoms with Crippen LogP contribution in [0.15, 0.2) is 97.1 Å². The zero-order valence-corrected chi connectivity index (χ0v) is 24.8. The van der Waals surface area contributed by atoms with Crippen LogP contribution in [0.25, 0.3) is 10.9 Å². The summed E-state index contributed by atoms with van der Waals surface area (Å²) < 4.78 is 12.0. The molecule has 1 amide bonds. The summed E-state index contributed by atoms with van der Waals surface area (Å²) in [4.78, 5) is 26.0. The number of nitriles is 1. The average Bonchev–Trinajstić information content (AvgIpc) is 3.06. The number of benzene rings is 2. The maximum atomic E-state index is 13.1. The topological polar surface area (TPSA) is 134 Å². The predicted octanol–water partition coefficient (Wildman–Crippen LogP) is 6.91. The second-order valence-corrected chi connectivity index (χ2v) is 10.6. The number of ether oxygens (including phenoxy) is 2. The fourth-order valence-corrected chi connectivity index (χ4v) is 5.11. The molecule has 1 saturated heterocycles. The first-order valence-electron chi connectivity index (χ1n) is 14.3. The molecule has 224 valence electrons. The third-order valence-electron chi connectivity index (χ3n) is 7.11. The van der Waals surface area contributed by atoms with Gasteiger partial charge in [0.15, 0.2) is 5.75 Å². The molecule has 3 N–H and O–H groups in total. The third kappa shape index (κ3) is 7.36. The van der Waals surface area contributed by atoms with Crippen molar-refractivity contribution in [2.24, 2.45) is 0 Å². The zero-order chi connectivity index (χ0) is 31.0. The Morgan fingerprint density at radius 2 is 1.87 bits per heavy atom. The van der Waals surface area contributed by atoms with E-state index < -0.39 is 0 Å². The number of fused-ring (bicyclic) bond motifs is 1. The molecule has 5 aromatic rings. The average molecular weight is 618 g/mol. The first kappa shape index (κ1) is 29.6. The molecule has 1 fully saturated rings. The summed E-state index contributed by atoms with van der Waals surface area (Å²) in [6.07, 6.45) is 9.70. The van der Waals surface area contributed by atoms with E-state index in [0.29, 0.717) is 55.8 Å². The van der Waals surface area contributed by atoms with Gasteiger partial charge in [-0.15, -0.1) is 0 Å². The first-order valence-corrected chi connectivity index (χ1v) is 14.7. The molecule has 0 aliphatic carbocycles. The monoisotopic (exact) mass is 617 g/mol. The van der Waals surface area contributed by atoms with Crippen molar-refractivity contribution in [1.82, 2.24) is 20.3 Å². The van der Waals surface area contributed by atoms with E-state index in [1.807, 2.05) is 24.3 Å². The molecular formula is C34H28ClN7O3. The van der Waals surface area contributed by atoms with Gasteiger partial charge in [0.1, 0.15) is 24.2 Å². The van der Waals surface area contributed by atoms with Crippen molar-refractivity contribution in [3.8, 4) is 23.3 Å². The highest BCUT2D eigenvalue weighted by atomic mass is 35.5. The van der Waals surface area contributed by atoms with Gasteiger partial charge in [-0.1, -0.05) is 23.2 Å². The lowest BCUT2D eigenvalue weighted by Crippen LogP contribution is -2.24. The number of amides is 1. The molecule has 1 aliphatic heterocycles. The molecule has 0 atom stereocenters. The van der Waals surface area contributed by atoms with Gasteiger partial charge in [-0.25, -0.2) is 0 Å². The van der Waals surface area contributed by atoms with Crippen LogP contribution in [-0.2, 0) is 11.4 Å². The predicted molar refractivity (Wildman–Crippen MR) is 173 cm³/mol. The minimum absolute atomic E-state index is 0.266. The lowest BCUT2D eigenvalue weighted by atomic mass is 10.0. The number of hydrogen-bond acceptors (Lipinski definition) is 9. The summed E-state index contributed by atoms with van der Waals surface area (Å²) in [5.74, 6) is 1.17. The summed E-state index contributed by atoms with van der Waals surface area (Å²) in [6, 6.07) is 20.0. The quantitative estimate of drug-likeness (QED) is 0.151. The van der Waals surface area contributed by atoms with Crippen LogP contribution < -0.4 is 25.4 Å². The van der Waals surface area contributed by atoms with Gasteiger partial charge in [0, 0.05) is 48.0 Å². The van der Waals surface area contributed by atoms with Gasteiger partial charge in [0.2, 0.25) is 5.91 Å². The number of hydrogen-bond donors (Lipinski definition) is 3. The summed E-state index contributed by atoms with van der Waals surface area (Å²) in [5.41, 5.74) is 4.27. The molecule has 2 aromatic carbocycles. The Morgan fingerprint density at radius 3 is 2.62 bits per heavy atom. The molecule has 3 aromatic heterocycles. The molecule has 6 rings (SSSR count). The standard InChI is InChI=1S/C34H28ClN7O3/c35-28-16-24(4-5-31(28)44-21-25-3-1-2-10-39-25)41-34-23(19-36)20-40-29-18-32(45-26-8-13-38-14-9-26)30(17-27(29)34)42-33(43)15-22-6-11-37-12-7-22/h1-5,8-10,13-18,20,37H,6-7,11-12,21H2,(H,40,41)(H,42,43). The van der Waals surface area contributed by atoms with Gasteiger partial charge in [0.05, 0.1) is 33.2 Å². The zero-order valence-electron chi connectivity index (χ0n) is 24.1. The number of halogens is 1. The second-order valence-electron chi connectivity index (χ2n) is 10.2. The van der Waals surface area contributed by atoms with Crippen molar-refractivity contribution in [2.75, 3.05) is 23.7 Å². The van der Waals surface area contributed by atoms with Gasteiger partial charge in [0.25, 0.3) is 0 Å². The number of anilines is 3. The number of nitrogens with zero attached hydrogens (tertiary/aromatic N) is 4. The van der Waals surface area contributed by atoms with E-state index in [-0.39, 0.29) is 12.5 Å². The number of piperidine rings is 1. The Hall–Kier alpha value is -5.50. The van der Waals surface area contributed by atoms with Crippen LogP contribution in [0.5, 0.6) is 17.2 Å². The van der Waals surface area contributed by atoms with Gasteiger partial charge < -0.3 is 25.4 Å². The maximum absolute atomic E-state index is 13.1. The molecule has 0 bridgehead atoms. The van der Waals surface area contributed by atoms with Crippen LogP contribution in [0, 0.1) is 11.3 Å².